The SMILES string of the molecule is C=C(C#Cc1ccc(OC(F)(F)F)cc1)C(C)(C)O. The van der Waals surface area contributed by atoms with E-state index in [1.807, 2.05) is 0 Å². The Bertz CT molecular complexity index is 511. The average Bonchev–Trinajstić information content (AvgIpc) is 2.24. The van der Waals surface area contributed by atoms with Crippen molar-refractivity contribution in [3.8, 4) is 17.6 Å². The van der Waals surface area contributed by atoms with Crippen molar-refractivity contribution in [1.82, 2.24) is 0 Å². The van der Waals surface area contributed by atoms with E-state index < -0.39 is 12.0 Å². The summed E-state index contributed by atoms with van der Waals surface area (Å²) in [5.74, 6) is 5.04. The fraction of sp³-hybridized carbons (Fsp3) is 0.286. The molecule has 1 rings (SSSR count). The lowest BCUT2D eigenvalue weighted by Crippen LogP contribution is -2.19. The predicted octanol–water partition coefficient (Wildman–Crippen LogP) is 3.26. The van der Waals surface area contributed by atoms with Gasteiger partial charge < -0.3 is 9.84 Å². The summed E-state index contributed by atoms with van der Waals surface area (Å²) in [4.78, 5) is 0. The summed E-state index contributed by atoms with van der Waals surface area (Å²) in [6.45, 7) is 6.70. The zero-order valence-corrected chi connectivity index (χ0v) is 10.5. The average molecular weight is 270 g/mol. The number of hydrogen-bond donors (Lipinski definition) is 1. The summed E-state index contributed by atoms with van der Waals surface area (Å²) >= 11 is 0. The number of ether oxygens (including phenoxy) is 1. The number of hydrogen-bond acceptors (Lipinski definition) is 2. The molecule has 0 radical (unpaired) electrons. The van der Waals surface area contributed by atoms with E-state index in [-0.39, 0.29) is 5.75 Å². The van der Waals surface area contributed by atoms with Crippen LogP contribution < -0.4 is 4.74 Å². The van der Waals surface area contributed by atoms with Crippen LogP contribution in [0.25, 0.3) is 0 Å². The second-order valence-corrected chi connectivity index (χ2v) is 4.36. The first-order chi connectivity index (χ1) is 8.58. The standard InChI is InChI=1S/C14H13F3O2/c1-10(13(2,3)18)4-5-11-6-8-12(9-7-11)19-14(15,16)17/h6-9,18H,1H2,2-3H3. The fourth-order valence-electron chi connectivity index (χ4n) is 1.04. The Morgan fingerprint density at radius 1 is 1.21 bits per heavy atom. The molecule has 0 bridgehead atoms. The predicted molar refractivity (Wildman–Crippen MR) is 65.4 cm³/mol. The molecule has 0 aliphatic carbocycles. The smallest absolute Gasteiger partial charge is 0.406 e. The molecule has 0 saturated heterocycles. The van der Waals surface area contributed by atoms with E-state index in [1.54, 1.807) is 13.8 Å². The van der Waals surface area contributed by atoms with Gasteiger partial charge in [0.15, 0.2) is 0 Å². The van der Waals surface area contributed by atoms with Crippen LogP contribution in [-0.4, -0.2) is 17.1 Å². The van der Waals surface area contributed by atoms with Gasteiger partial charge in [0.05, 0.1) is 5.60 Å². The summed E-state index contributed by atoms with van der Waals surface area (Å²) < 4.78 is 39.5. The topological polar surface area (TPSA) is 29.5 Å². The highest BCUT2D eigenvalue weighted by molar-refractivity contribution is 5.43. The number of halogens is 3. The van der Waals surface area contributed by atoms with Crippen molar-refractivity contribution in [3.63, 3.8) is 0 Å². The van der Waals surface area contributed by atoms with Crippen LogP contribution in [0.15, 0.2) is 36.4 Å². The van der Waals surface area contributed by atoms with Gasteiger partial charge in [-0.05, 0) is 38.1 Å². The van der Waals surface area contributed by atoms with Crippen LogP contribution in [0, 0.1) is 11.8 Å². The molecule has 0 heterocycles. The molecule has 1 N–H and O–H groups in total. The molecule has 0 atom stereocenters. The first kappa shape index (κ1) is 15.1. The van der Waals surface area contributed by atoms with Crippen molar-refractivity contribution in [2.75, 3.05) is 0 Å². The van der Waals surface area contributed by atoms with Gasteiger partial charge in [0.2, 0.25) is 0 Å². The minimum absolute atomic E-state index is 0.306. The Hall–Kier alpha value is -1.93. The van der Waals surface area contributed by atoms with E-state index in [2.05, 4.69) is 23.2 Å². The third-order valence-corrected chi connectivity index (χ3v) is 2.18. The molecule has 0 aliphatic rings. The molecule has 0 unspecified atom stereocenters. The minimum atomic E-state index is -4.71. The van der Waals surface area contributed by atoms with Gasteiger partial charge in [0.25, 0.3) is 0 Å². The Morgan fingerprint density at radius 3 is 2.16 bits per heavy atom. The summed E-state index contributed by atoms with van der Waals surface area (Å²) in [6.07, 6.45) is -4.71. The molecular formula is C14H13F3O2. The lowest BCUT2D eigenvalue weighted by molar-refractivity contribution is -0.274. The number of alkyl halides is 3. The van der Waals surface area contributed by atoms with Gasteiger partial charge in [-0.3, -0.25) is 0 Å². The molecule has 0 aliphatic heterocycles. The molecule has 19 heavy (non-hydrogen) atoms. The van der Waals surface area contributed by atoms with Crippen LogP contribution in [0.3, 0.4) is 0 Å². The lowest BCUT2D eigenvalue weighted by Gasteiger charge is -2.14. The number of aliphatic hydroxyl groups is 1. The lowest BCUT2D eigenvalue weighted by atomic mass is 10.0. The highest BCUT2D eigenvalue weighted by atomic mass is 19.4. The molecule has 1 aromatic rings. The molecule has 5 heteroatoms. The largest absolute Gasteiger partial charge is 0.573 e. The maximum atomic E-state index is 11.9. The highest BCUT2D eigenvalue weighted by Crippen LogP contribution is 2.22. The normalized spacial score (nSPS) is 11.5. The number of benzene rings is 1. The third-order valence-electron chi connectivity index (χ3n) is 2.18. The van der Waals surface area contributed by atoms with Gasteiger partial charge in [-0.1, -0.05) is 18.4 Å². The van der Waals surface area contributed by atoms with Crippen LogP contribution in [-0.2, 0) is 0 Å². The second-order valence-electron chi connectivity index (χ2n) is 4.36. The quantitative estimate of drug-likeness (QED) is 0.836. The van der Waals surface area contributed by atoms with Crippen LogP contribution in [0.1, 0.15) is 19.4 Å². The van der Waals surface area contributed by atoms with Gasteiger partial charge in [-0.25, -0.2) is 0 Å². The molecule has 0 aromatic heterocycles. The van der Waals surface area contributed by atoms with Crippen LogP contribution in [0.2, 0.25) is 0 Å². The van der Waals surface area contributed by atoms with Crippen molar-refractivity contribution < 1.29 is 23.0 Å². The first-order valence-electron chi connectivity index (χ1n) is 5.37. The van der Waals surface area contributed by atoms with Gasteiger partial charge in [-0.15, -0.1) is 13.2 Å². The van der Waals surface area contributed by atoms with E-state index in [0.29, 0.717) is 11.1 Å². The Balaban J connectivity index is 2.79. The summed E-state index contributed by atoms with van der Waals surface area (Å²) in [6, 6.07) is 5.13. The Kier molecular flexibility index (Phi) is 4.28. The molecule has 0 saturated carbocycles. The van der Waals surface area contributed by atoms with E-state index >= 15 is 0 Å². The summed E-state index contributed by atoms with van der Waals surface area (Å²) in [5.41, 5.74) is -0.296. The van der Waals surface area contributed by atoms with E-state index in [0.717, 1.165) is 0 Å². The van der Waals surface area contributed by atoms with Crippen LogP contribution in [0.4, 0.5) is 13.2 Å². The van der Waals surface area contributed by atoms with Crippen molar-refractivity contribution in [1.29, 1.82) is 0 Å². The number of rotatable bonds is 2. The van der Waals surface area contributed by atoms with Crippen LogP contribution >= 0.6 is 0 Å². The van der Waals surface area contributed by atoms with Crippen molar-refractivity contribution in [2.24, 2.45) is 0 Å². The minimum Gasteiger partial charge on any atom is -0.406 e. The molecule has 0 spiro atoms. The fourth-order valence-corrected chi connectivity index (χ4v) is 1.04. The first-order valence-corrected chi connectivity index (χ1v) is 5.37. The molecular weight excluding hydrogens is 257 g/mol. The molecule has 0 amide bonds. The van der Waals surface area contributed by atoms with Crippen LogP contribution in [0.5, 0.6) is 5.75 Å². The van der Waals surface area contributed by atoms with Crippen molar-refractivity contribution >= 4 is 0 Å². The van der Waals surface area contributed by atoms with Gasteiger partial charge in [-0.2, -0.15) is 0 Å². The molecule has 0 fully saturated rings. The molecule has 1 aromatic carbocycles. The maximum absolute atomic E-state index is 11.9. The van der Waals surface area contributed by atoms with Gasteiger partial charge in [0.1, 0.15) is 5.75 Å². The van der Waals surface area contributed by atoms with Crippen molar-refractivity contribution in [2.45, 2.75) is 25.8 Å². The monoisotopic (exact) mass is 270 g/mol. The van der Waals surface area contributed by atoms with Gasteiger partial charge in [0, 0.05) is 11.1 Å². The zero-order valence-electron chi connectivity index (χ0n) is 10.5. The molecule has 2 nitrogen and oxygen atoms in total. The molecule has 102 valence electrons. The van der Waals surface area contributed by atoms with Gasteiger partial charge >= 0.3 is 6.36 Å². The third kappa shape index (κ3) is 5.49. The Labute approximate surface area is 109 Å². The second kappa shape index (κ2) is 5.37. The highest BCUT2D eigenvalue weighted by Gasteiger charge is 2.30. The summed E-state index contributed by atoms with van der Waals surface area (Å²) in [5, 5.41) is 9.59. The van der Waals surface area contributed by atoms with E-state index in [4.69, 9.17) is 0 Å². The summed E-state index contributed by atoms with van der Waals surface area (Å²) in [7, 11) is 0. The van der Waals surface area contributed by atoms with E-state index in [9.17, 15) is 18.3 Å². The Morgan fingerprint density at radius 2 is 1.74 bits per heavy atom. The maximum Gasteiger partial charge on any atom is 0.573 e. The van der Waals surface area contributed by atoms with E-state index in [1.165, 1.54) is 24.3 Å². The van der Waals surface area contributed by atoms with Crippen molar-refractivity contribution in [3.05, 3.63) is 42.0 Å². The zero-order chi connectivity index (χ0) is 14.7.